The molecule has 0 bridgehead atoms. The van der Waals surface area contributed by atoms with Crippen LogP contribution in [0.2, 0.25) is 0 Å². The summed E-state index contributed by atoms with van der Waals surface area (Å²) in [6.07, 6.45) is -2.70. The Morgan fingerprint density at radius 1 is 1.56 bits per heavy atom. The van der Waals surface area contributed by atoms with Gasteiger partial charge in [0.05, 0.1) is 6.42 Å². The summed E-state index contributed by atoms with van der Waals surface area (Å²) < 4.78 is 38.5. The van der Waals surface area contributed by atoms with Crippen molar-refractivity contribution in [1.82, 2.24) is 4.98 Å². The van der Waals surface area contributed by atoms with Gasteiger partial charge in [-0.05, 0) is 5.56 Å². The summed E-state index contributed by atoms with van der Waals surface area (Å²) in [5.41, 5.74) is -1.06. The zero-order valence-corrected chi connectivity index (χ0v) is 9.47. The van der Waals surface area contributed by atoms with Gasteiger partial charge in [0, 0.05) is 22.7 Å². The second-order valence-corrected chi connectivity index (χ2v) is 3.53. The molecule has 16 heavy (non-hydrogen) atoms. The van der Waals surface area contributed by atoms with Crippen LogP contribution in [0.1, 0.15) is 23.1 Å². The van der Waals surface area contributed by atoms with Gasteiger partial charge < -0.3 is 5.11 Å². The summed E-state index contributed by atoms with van der Waals surface area (Å²) in [5, 5.41) is 8.39. The van der Waals surface area contributed by atoms with Crippen molar-refractivity contribution < 1.29 is 23.1 Å². The molecule has 88 valence electrons. The predicted octanol–water partition coefficient (Wildman–Crippen LogP) is 2.68. The number of hydrogen-bond acceptors (Lipinski definition) is 2. The molecule has 0 atom stereocenters. The standard InChI is InChI=1S/C9H7BrF3NO2/c10-2-5-7(8(11)12)4(1-6(15)16)3-14-9(5)13/h3,8H,1-2H2,(H,15,16). The minimum absolute atomic E-state index is 0.140. The zero-order valence-electron chi connectivity index (χ0n) is 7.88. The Morgan fingerprint density at radius 2 is 2.19 bits per heavy atom. The Labute approximate surface area is 97.4 Å². The summed E-state index contributed by atoms with van der Waals surface area (Å²) in [6, 6.07) is 0. The van der Waals surface area contributed by atoms with Crippen molar-refractivity contribution in [1.29, 1.82) is 0 Å². The van der Waals surface area contributed by atoms with Crippen LogP contribution in [0.3, 0.4) is 0 Å². The van der Waals surface area contributed by atoms with Crippen molar-refractivity contribution in [2.45, 2.75) is 18.2 Å². The first-order valence-electron chi connectivity index (χ1n) is 4.19. The van der Waals surface area contributed by atoms with Gasteiger partial charge in [-0.3, -0.25) is 4.79 Å². The van der Waals surface area contributed by atoms with E-state index in [4.69, 9.17) is 5.11 Å². The van der Waals surface area contributed by atoms with Gasteiger partial charge in [-0.25, -0.2) is 13.8 Å². The average molecular weight is 298 g/mol. The minimum atomic E-state index is -2.93. The molecule has 0 aromatic carbocycles. The van der Waals surface area contributed by atoms with Crippen molar-refractivity contribution in [2.24, 2.45) is 0 Å². The van der Waals surface area contributed by atoms with Crippen LogP contribution in [0.15, 0.2) is 6.20 Å². The maximum absolute atomic E-state index is 13.1. The van der Waals surface area contributed by atoms with Gasteiger partial charge in [-0.15, -0.1) is 0 Å². The number of nitrogens with zero attached hydrogens (tertiary/aromatic N) is 1. The number of aliphatic carboxylic acids is 1. The maximum Gasteiger partial charge on any atom is 0.307 e. The van der Waals surface area contributed by atoms with Gasteiger partial charge in [0.25, 0.3) is 6.43 Å². The SMILES string of the molecule is O=C(O)Cc1cnc(F)c(CBr)c1C(F)F. The average Bonchev–Trinajstić information content (AvgIpc) is 2.18. The fourth-order valence-corrected chi connectivity index (χ4v) is 1.82. The third kappa shape index (κ3) is 2.72. The highest BCUT2D eigenvalue weighted by Gasteiger charge is 2.22. The molecule has 0 aliphatic carbocycles. The lowest BCUT2D eigenvalue weighted by Crippen LogP contribution is -2.09. The van der Waals surface area contributed by atoms with Gasteiger partial charge in [0.15, 0.2) is 0 Å². The van der Waals surface area contributed by atoms with Gasteiger partial charge >= 0.3 is 5.97 Å². The summed E-state index contributed by atoms with van der Waals surface area (Å²) in [6.45, 7) is 0. The van der Waals surface area contributed by atoms with Crippen molar-refractivity contribution in [3.63, 3.8) is 0 Å². The monoisotopic (exact) mass is 297 g/mol. The molecule has 1 aromatic rings. The van der Waals surface area contributed by atoms with E-state index in [1.54, 1.807) is 0 Å². The van der Waals surface area contributed by atoms with Gasteiger partial charge in [-0.1, -0.05) is 15.9 Å². The second kappa shape index (κ2) is 5.29. The van der Waals surface area contributed by atoms with Crippen LogP contribution in [0.25, 0.3) is 0 Å². The molecule has 0 saturated carbocycles. The fourth-order valence-electron chi connectivity index (χ4n) is 1.29. The highest BCUT2D eigenvalue weighted by atomic mass is 79.9. The first kappa shape index (κ1) is 13.0. The van der Waals surface area contributed by atoms with E-state index in [1.165, 1.54) is 0 Å². The third-order valence-corrected chi connectivity index (χ3v) is 2.51. The molecule has 0 aliphatic rings. The number of carboxylic acid groups (broad SMARTS) is 1. The smallest absolute Gasteiger partial charge is 0.307 e. The van der Waals surface area contributed by atoms with E-state index in [1.807, 2.05) is 0 Å². The van der Waals surface area contributed by atoms with E-state index in [0.717, 1.165) is 6.20 Å². The number of alkyl halides is 3. The van der Waals surface area contributed by atoms with E-state index in [0.29, 0.717) is 0 Å². The Balaban J connectivity index is 3.32. The Hall–Kier alpha value is -1.11. The first-order valence-corrected chi connectivity index (χ1v) is 5.31. The second-order valence-electron chi connectivity index (χ2n) is 2.97. The molecule has 0 spiro atoms. The maximum atomic E-state index is 13.1. The molecule has 1 aromatic heterocycles. The number of aromatic nitrogens is 1. The number of pyridine rings is 1. The van der Waals surface area contributed by atoms with Crippen LogP contribution in [0.4, 0.5) is 13.2 Å². The molecule has 0 amide bonds. The summed E-state index contributed by atoms with van der Waals surface area (Å²) in [7, 11) is 0. The molecule has 0 saturated heterocycles. The Kier molecular flexibility index (Phi) is 4.28. The highest BCUT2D eigenvalue weighted by Crippen LogP contribution is 2.29. The van der Waals surface area contributed by atoms with Crippen molar-refractivity contribution in [3.05, 3.63) is 28.8 Å². The van der Waals surface area contributed by atoms with Gasteiger partial charge in [0.2, 0.25) is 5.95 Å². The third-order valence-electron chi connectivity index (χ3n) is 1.95. The number of carboxylic acids is 1. The summed E-state index contributed by atoms with van der Waals surface area (Å²) >= 11 is 2.87. The number of rotatable bonds is 4. The van der Waals surface area contributed by atoms with Crippen molar-refractivity contribution in [3.8, 4) is 0 Å². The molecule has 0 radical (unpaired) electrons. The molecule has 3 nitrogen and oxygen atoms in total. The largest absolute Gasteiger partial charge is 0.481 e. The molecule has 0 aliphatic heterocycles. The van der Waals surface area contributed by atoms with E-state index in [2.05, 4.69) is 20.9 Å². The highest BCUT2D eigenvalue weighted by molar-refractivity contribution is 9.08. The minimum Gasteiger partial charge on any atom is -0.481 e. The Bertz CT molecular complexity index is 412. The predicted molar refractivity (Wildman–Crippen MR) is 53.1 cm³/mol. The zero-order chi connectivity index (χ0) is 12.3. The van der Waals surface area contributed by atoms with Crippen LogP contribution in [-0.2, 0) is 16.5 Å². The fraction of sp³-hybridized carbons (Fsp3) is 0.333. The molecular formula is C9H7BrF3NO2. The number of halogens is 4. The van der Waals surface area contributed by atoms with Crippen molar-refractivity contribution >= 4 is 21.9 Å². The van der Waals surface area contributed by atoms with Crippen LogP contribution < -0.4 is 0 Å². The normalized spacial score (nSPS) is 10.8. The summed E-state index contributed by atoms with van der Waals surface area (Å²) in [5.74, 6) is -2.28. The van der Waals surface area contributed by atoms with Crippen LogP contribution in [0.5, 0.6) is 0 Å². The lowest BCUT2D eigenvalue weighted by Gasteiger charge is -2.11. The molecule has 0 unspecified atom stereocenters. The van der Waals surface area contributed by atoms with E-state index in [9.17, 15) is 18.0 Å². The number of carbonyl (C=O) groups is 1. The molecule has 1 rings (SSSR count). The quantitative estimate of drug-likeness (QED) is 0.687. The van der Waals surface area contributed by atoms with E-state index >= 15 is 0 Å². The molecule has 0 fully saturated rings. The molecular weight excluding hydrogens is 291 g/mol. The van der Waals surface area contributed by atoms with Gasteiger partial charge in [0.1, 0.15) is 0 Å². The first-order chi connectivity index (χ1) is 7.47. The van der Waals surface area contributed by atoms with Crippen LogP contribution >= 0.6 is 15.9 Å². The molecule has 7 heteroatoms. The van der Waals surface area contributed by atoms with E-state index < -0.39 is 30.3 Å². The van der Waals surface area contributed by atoms with Crippen molar-refractivity contribution in [2.75, 3.05) is 0 Å². The molecule has 1 N–H and O–H groups in total. The Morgan fingerprint density at radius 3 is 2.62 bits per heavy atom. The topological polar surface area (TPSA) is 50.2 Å². The number of hydrogen-bond donors (Lipinski definition) is 1. The lowest BCUT2D eigenvalue weighted by molar-refractivity contribution is -0.136. The van der Waals surface area contributed by atoms with Gasteiger partial charge in [-0.2, -0.15) is 4.39 Å². The van der Waals surface area contributed by atoms with E-state index in [-0.39, 0.29) is 16.5 Å². The van der Waals surface area contributed by atoms with Crippen LogP contribution in [-0.4, -0.2) is 16.1 Å². The molecule has 1 heterocycles. The summed E-state index contributed by atoms with van der Waals surface area (Å²) in [4.78, 5) is 13.7. The lowest BCUT2D eigenvalue weighted by atomic mass is 10.0. The van der Waals surface area contributed by atoms with Crippen LogP contribution in [0, 0.1) is 5.95 Å².